The lowest BCUT2D eigenvalue weighted by Gasteiger charge is -2.25. The lowest BCUT2D eigenvalue weighted by molar-refractivity contribution is -0.122. The quantitative estimate of drug-likeness (QED) is 0.131. The van der Waals surface area contributed by atoms with E-state index in [-0.39, 0.29) is 41.6 Å². The number of hydrogen-bond donors (Lipinski definition) is 0. The highest BCUT2D eigenvalue weighted by Crippen LogP contribution is 2.42. The number of aryl methyl sites for hydroxylation is 1. The zero-order chi connectivity index (χ0) is 29.5. The number of anilines is 1. The number of amides is 2. The van der Waals surface area contributed by atoms with Crippen LogP contribution in [0.5, 0.6) is 0 Å². The van der Waals surface area contributed by atoms with Gasteiger partial charge in [0.2, 0.25) is 11.8 Å². The van der Waals surface area contributed by atoms with Gasteiger partial charge in [-0.2, -0.15) is 0 Å². The zero-order valence-corrected chi connectivity index (χ0v) is 24.9. The van der Waals surface area contributed by atoms with Gasteiger partial charge in [-0.15, -0.1) is 0 Å². The Hall–Kier alpha value is -4.17. The molecule has 212 valence electrons. The minimum Gasteiger partial charge on any atom is -0.454 e. The fraction of sp³-hybridized carbons (Fsp3) is 0.265. The van der Waals surface area contributed by atoms with E-state index in [2.05, 4.69) is 22.9 Å². The predicted molar refractivity (Wildman–Crippen MR) is 163 cm³/mol. The molecule has 4 aromatic rings. The number of pyridine rings is 1. The Bertz CT molecular complexity index is 1730. The Morgan fingerprint density at radius 2 is 1.67 bits per heavy atom. The van der Waals surface area contributed by atoms with Crippen molar-refractivity contribution in [2.75, 3.05) is 11.5 Å². The van der Waals surface area contributed by atoms with Crippen molar-refractivity contribution in [3.8, 4) is 11.3 Å². The van der Waals surface area contributed by atoms with Gasteiger partial charge in [-0.3, -0.25) is 19.3 Å². The lowest BCUT2D eigenvalue weighted by Crippen LogP contribution is -2.30. The maximum absolute atomic E-state index is 13.3. The average molecular weight is 626 g/mol. The highest BCUT2D eigenvalue weighted by molar-refractivity contribution is 9.10. The van der Waals surface area contributed by atoms with Crippen LogP contribution < -0.4 is 4.90 Å². The molecule has 0 radical (unpaired) electrons. The molecule has 2 heterocycles. The summed E-state index contributed by atoms with van der Waals surface area (Å²) in [4.78, 5) is 58.5. The van der Waals surface area contributed by atoms with Gasteiger partial charge in [0.15, 0.2) is 12.4 Å². The van der Waals surface area contributed by atoms with E-state index in [4.69, 9.17) is 9.72 Å². The number of Topliss-reactive ketones (excluding diaryl/α,β-unsaturated/α-hetero) is 1. The number of halogens is 1. The first-order valence-corrected chi connectivity index (χ1v) is 14.8. The van der Waals surface area contributed by atoms with E-state index in [0.717, 1.165) is 29.3 Å². The van der Waals surface area contributed by atoms with E-state index in [1.165, 1.54) is 4.90 Å². The molecule has 0 bridgehead atoms. The molecule has 1 aliphatic heterocycles. The maximum Gasteiger partial charge on any atom is 0.339 e. The van der Waals surface area contributed by atoms with Gasteiger partial charge in [0.25, 0.3) is 0 Å². The lowest BCUT2D eigenvalue weighted by atomic mass is 9.76. The third-order valence-corrected chi connectivity index (χ3v) is 8.79. The van der Waals surface area contributed by atoms with E-state index < -0.39 is 5.97 Å². The van der Waals surface area contributed by atoms with Crippen LogP contribution in [0.4, 0.5) is 5.69 Å². The molecule has 1 aliphatic carbocycles. The topological polar surface area (TPSA) is 93.6 Å². The maximum atomic E-state index is 13.3. The van der Waals surface area contributed by atoms with Crippen molar-refractivity contribution in [2.45, 2.75) is 33.1 Å². The number of imide groups is 1. The second kappa shape index (κ2) is 11.2. The summed E-state index contributed by atoms with van der Waals surface area (Å²) in [6.07, 6.45) is 2.45. The Labute approximate surface area is 252 Å². The Morgan fingerprint density at radius 3 is 2.40 bits per heavy atom. The SMILES string of the molecule is Cc1cc(Br)cc2c(C(=O)OCC(=O)c3ccccc3)cc(-c3ccc(N4C(=O)C5CCC(C)CC5C4=O)cc3)nc12. The summed E-state index contributed by atoms with van der Waals surface area (Å²) in [5.74, 6) is -1.21. The number of carbonyl (C=O) groups excluding carboxylic acids is 4. The third-order valence-electron chi connectivity index (χ3n) is 8.33. The number of fused-ring (bicyclic) bond motifs is 2. The van der Waals surface area contributed by atoms with Gasteiger partial charge in [0, 0.05) is 21.0 Å². The van der Waals surface area contributed by atoms with Gasteiger partial charge in [-0.25, -0.2) is 9.78 Å². The van der Waals surface area contributed by atoms with Crippen LogP contribution >= 0.6 is 15.9 Å². The molecule has 1 saturated carbocycles. The normalized spacial score (nSPS) is 20.1. The number of benzene rings is 3. The summed E-state index contributed by atoms with van der Waals surface area (Å²) >= 11 is 3.50. The Kier molecular flexibility index (Phi) is 7.49. The molecule has 2 fully saturated rings. The monoisotopic (exact) mass is 624 g/mol. The Morgan fingerprint density at radius 1 is 0.952 bits per heavy atom. The van der Waals surface area contributed by atoms with Crippen LogP contribution in [0.2, 0.25) is 0 Å². The highest BCUT2D eigenvalue weighted by atomic mass is 79.9. The van der Waals surface area contributed by atoms with Gasteiger partial charge in [-0.1, -0.05) is 65.3 Å². The van der Waals surface area contributed by atoms with Crippen molar-refractivity contribution in [3.05, 3.63) is 94.0 Å². The minimum atomic E-state index is -0.632. The molecule has 0 spiro atoms. The first-order valence-electron chi connectivity index (χ1n) is 14.1. The summed E-state index contributed by atoms with van der Waals surface area (Å²) in [6, 6.07) is 21.2. The van der Waals surface area contributed by atoms with E-state index in [1.54, 1.807) is 54.6 Å². The van der Waals surface area contributed by atoms with Crippen molar-refractivity contribution in [1.29, 1.82) is 0 Å². The number of ether oxygens (including phenoxy) is 1. The number of esters is 1. The van der Waals surface area contributed by atoms with Gasteiger partial charge in [0.05, 0.1) is 34.3 Å². The van der Waals surface area contributed by atoms with Crippen LogP contribution in [0, 0.1) is 24.7 Å². The number of hydrogen-bond acceptors (Lipinski definition) is 6. The molecule has 3 atom stereocenters. The number of nitrogens with zero attached hydrogens (tertiary/aromatic N) is 2. The summed E-state index contributed by atoms with van der Waals surface area (Å²) in [5, 5.41) is 0.601. The zero-order valence-electron chi connectivity index (χ0n) is 23.3. The van der Waals surface area contributed by atoms with Crippen molar-refractivity contribution in [3.63, 3.8) is 0 Å². The van der Waals surface area contributed by atoms with E-state index >= 15 is 0 Å². The second-order valence-electron chi connectivity index (χ2n) is 11.2. The van der Waals surface area contributed by atoms with Crippen LogP contribution in [0.1, 0.15) is 52.5 Å². The number of rotatable bonds is 6. The largest absolute Gasteiger partial charge is 0.454 e. The van der Waals surface area contributed by atoms with Gasteiger partial charge in [-0.05, 0) is 68.0 Å². The van der Waals surface area contributed by atoms with Crippen LogP contribution in [0.15, 0.2) is 77.3 Å². The fourth-order valence-corrected chi connectivity index (χ4v) is 6.69. The van der Waals surface area contributed by atoms with Crippen LogP contribution in [-0.2, 0) is 14.3 Å². The minimum absolute atomic E-state index is 0.121. The second-order valence-corrected chi connectivity index (χ2v) is 12.1. The van der Waals surface area contributed by atoms with E-state index in [9.17, 15) is 19.2 Å². The molecule has 3 aromatic carbocycles. The first kappa shape index (κ1) is 28.0. The molecule has 0 N–H and O–H groups in total. The number of carbonyl (C=O) groups is 4. The standard InChI is InChI=1S/C34H29BrN2O5/c1-19-8-13-25-27(14-19)33(40)37(32(25)39)24-11-9-21(10-12-24)29-17-28(26-16-23(35)15-20(2)31(26)36-29)34(41)42-18-30(38)22-6-4-3-5-7-22/h3-7,9-12,15-17,19,25,27H,8,13-14,18H2,1-2H3. The summed E-state index contributed by atoms with van der Waals surface area (Å²) in [6.45, 7) is 3.65. The number of ketones is 1. The average Bonchev–Trinajstić information content (AvgIpc) is 3.24. The molecular weight excluding hydrogens is 596 g/mol. The molecule has 2 amide bonds. The summed E-state index contributed by atoms with van der Waals surface area (Å²) < 4.78 is 6.26. The van der Waals surface area contributed by atoms with Gasteiger partial charge in [0.1, 0.15) is 0 Å². The molecule has 7 nitrogen and oxygen atoms in total. The Balaban J connectivity index is 1.31. The molecular formula is C34H29BrN2O5. The highest BCUT2D eigenvalue weighted by Gasteiger charge is 2.49. The molecule has 6 rings (SSSR count). The molecule has 3 unspecified atom stereocenters. The van der Waals surface area contributed by atoms with Gasteiger partial charge >= 0.3 is 5.97 Å². The van der Waals surface area contributed by atoms with E-state index in [1.807, 2.05) is 25.1 Å². The van der Waals surface area contributed by atoms with E-state index in [0.29, 0.717) is 39.3 Å². The molecule has 1 saturated heterocycles. The van der Waals surface area contributed by atoms with Crippen molar-refractivity contribution < 1.29 is 23.9 Å². The smallest absolute Gasteiger partial charge is 0.339 e. The molecule has 42 heavy (non-hydrogen) atoms. The fourth-order valence-electron chi connectivity index (χ4n) is 6.11. The third kappa shape index (κ3) is 5.15. The van der Waals surface area contributed by atoms with Gasteiger partial charge < -0.3 is 4.74 Å². The predicted octanol–water partition coefficient (Wildman–Crippen LogP) is 6.94. The molecule has 2 aliphatic rings. The van der Waals surface area contributed by atoms with Crippen molar-refractivity contribution in [2.24, 2.45) is 17.8 Å². The van der Waals surface area contributed by atoms with Crippen LogP contribution in [0.3, 0.4) is 0 Å². The molecule has 8 heteroatoms. The summed E-state index contributed by atoms with van der Waals surface area (Å²) in [7, 11) is 0. The first-order chi connectivity index (χ1) is 20.2. The molecule has 1 aromatic heterocycles. The van der Waals surface area contributed by atoms with Crippen LogP contribution in [0.25, 0.3) is 22.2 Å². The number of aromatic nitrogens is 1. The van der Waals surface area contributed by atoms with Crippen molar-refractivity contribution >= 4 is 56.1 Å². The van der Waals surface area contributed by atoms with Crippen LogP contribution in [-0.4, -0.2) is 35.2 Å². The van der Waals surface area contributed by atoms with Crippen molar-refractivity contribution in [1.82, 2.24) is 4.98 Å². The summed E-state index contributed by atoms with van der Waals surface area (Å²) in [5.41, 5.74) is 4.02.